The molecule has 4 rings (SSSR count). The van der Waals surface area contributed by atoms with Gasteiger partial charge in [-0.3, -0.25) is 19.6 Å². The number of likely N-dealkylation sites (tertiary alicyclic amines) is 1. The molecule has 1 aliphatic carbocycles. The van der Waals surface area contributed by atoms with Crippen LogP contribution in [0, 0.1) is 12.8 Å². The molecule has 3 heterocycles. The molecule has 1 unspecified atom stereocenters. The summed E-state index contributed by atoms with van der Waals surface area (Å²) in [5.74, 6) is 0.999. The lowest BCUT2D eigenvalue weighted by Crippen LogP contribution is -2.62. The van der Waals surface area contributed by atoms with Crippen LogP contribution in [0.15, 0.2) is 6.07 Å². The average Bonchev–Trinajstić information content (AvgIpc) is 3.37. The van der Waals surface area contributed by atoms with E-state index in [0.717, 1.165) is 44.1 Å². The van der Waals surface area contributed by atoms with Crippen molar-refractivity contribution in [2.75, 3.05) is 39.8 Å². The average molecular weight is 359 g/mol. The Morgan fingerprint density at radius 1 is 1.31 bits per heavy atom. The highest BCUT2D eigenvalue weighted by molar-refractivity contribution is 5.92. The Kier molecular flexibility index (Phi) is 4.50. The number of hydrogen-bond donors (Lipinski definition) is 1. The fourth-order valence-electron chi connectivity index (χ4n) is 4.36. The topological polar surface area (TPSA) is 72.5 Å². The van der Waals surface area contributed by atoms with Gasteiger partial charge in [-0.1, -0.05) is 0 Å². The van der Waals surface area contributed by atoms with Crippen LogP contribution in [-0.2, 0) is 4.79 Å². The van der Waals surface area contributed by atoms with Crippen LogP contribution in [0.1, 0.15) is 48.3 Å². The van der Waals surface area contributed by atoms with Gasteiger partial charge >= 0.3 is 0 Å². The second-order valence-corrected chi connectivity index (χ2v) is 8.34. The van der Waals surface area contributed by atoms with Gasteiger partial charge < -0.3 is 9.80 Å². The third-order valence-electron chi connectivity index (χ3n) is 6.39. The molecule has 26 heavy (non-hydrogen) atoms. The standard InChI is InChI=1S/C19H29N5O2/c1-14-11-16(21-20-14)18(26)24-10-9-22(2)19(13-24)6-5-17(25)23(8-7-19)12-15-3-4-15/h11,15H,3-10,12-13H2,1-2H3,(H,20,21). The number of aromatic amines is 1. The van der Waals surface area contributed by atoms with Gasteiger partial charge in [0.05, 0.1) is 0 Å². The number of aryl methyl sites for hydroxylation is 1. The van der Waals surface area contributed by atoms with E-state index in [4.69, 9.17) is 0 Å². The highest BCUT2D eigenvalue weighted by atomic mass is 16.2. The zero-order valence-electron chi connectivity index (χ0n) is 15.8. The first-order valence-corrected chi connectivity index (χ1v) is 9.77. The Bertz CT molecular complexity index is 698. The number of amides is 2. The predicted molar refractivity (Wildman–Crippen MR) is 97.7 cm³/mol. The predicted octanol–water partition coefficient (Wildman–Crippen LogP) is 1.27. The number of rotatable bonds is 3. The third-order valence-corrected chi connectivity index (χ3v) is 6.39. The van der Waals surface area contributed by atoms with E-state index in [2.05, 4.69) is 27.0 Å². The number of H-pyrrole nitrogens is 1. The largest absolute Gasteiger partial charge is 0.342 e. The summed E-state index contributed by atoms with van der Waals surface area (Å²) in [6.07, 6.45) is 4.87. The van der Waals surface area contributed by atoms with Gasteiger partial charge in [-0.15, -0.1) is 0 Å². The van der Waals surface area contributed by atoms with Gasteiger partial charge in [0.2, 0.25) is 5.91 Å². The number of nitrogens with zero attached hydrogens (tertiary/aromatic N) is 4. The van der Waals surface area contributed by atoms with Crippen LogP contribution in [0.25, 0.3) is 0 Å². The molecular formula is C19H29N5O2. The minimum absolute atomic E-state index is 0.00719. The lowest BCUT2D eigenvalue weighted by molar-refractivity contribution is -0.130. The number of carbonyl (C=O) groups excluding carboxylic acids is 2. The van der Waals surface area contributed by atoms with E-state index in [0.29, 0.717) is 25.2 Å². The molecule has 1 atom stereocenters. The molecule has 0 aromatic carbocycles. The molecule has 7 nitrogen and oxygen atoms in total. The van der Waals surface area contributed by atoms with Crippen molar-refractivity contribution in [3.63, 3.8) is 0 Å². The van der Waals surface area contributed by atoms with Crippen LogP contribution < -0.4 is 0 Å². The van der Waals surface area contributed by atoms with Crippen molar-refractivity contribution >= 4 is 11.8 Å². The first kappa shape index (κ1) is 17.5. The summed E-state index contributed by atoms with van der Waals surface area (Å²) < 4.78 is 0. The SMILES string of the molecule is Cc1cc(C(=O)N2CCN(C)C3(CCC(=O)N(CC4CC4)CC3)C2)n[nH]1. The summed E-state index contributed by atoms with van der Waals surface area (Å²) in [7, 11) is 2.14. The maximum Gasteiger partial charge on any atom is 0.274 e. The number of likely N-dealkylation sites (N-methyl/N-ethyl adjacent to an activating group) is 1. The maximum atomic E-state index is 12.9. The number of piperazine rings is 1. The quantitative estimate of drug-likeness (QED) is 0.882. The van der Waals surface area contributed by atoms with Crippen molar-refractivity contribution in [1.29, 1.82) is 0 Å². The first-order valence-electron chi connectivity index (χ1n) is 9.77. The fourth-order valence-corrected chi connectivity index (χ4v) is 4.36. The molecular weight excluding hydrogens is 330 g/mol. The van der Waals surface area contributed by atoms with Gasteiger partial charge in [0.15, 0.2) is 0 Å². The van der Waals surface area contributed by atoms with E-state index in [1.807, 2.05) is 11.8 Å². The molecule has 7 heteroatoms. The van der Waals surface area contributed by atoms with Gasteiger partial charge in [0, 0.05) is 50.4 Å². The van der Waals surface area contributed by atoms with Gasteiger partial charge in [-0.05, 0) is 51.6 Å². The molecule has 1 aromatic rings. The Morgan fingerprint density at radius 3 is 2.81 bits per heavy atom. The van der Waals surface area contributed by atoms with E-state index in [1.54, 1.807) is 6.07 Å². The van der Waals surface area contributed by atoms with Gasteiger partial charge in [-0.2, -0.15) is 5.10 Å². The zero-order valence-corrected chi connectivity index (χ0v) is 15.8. The lowest BCUT2D eigenvalue weighted by atomic mass is 9.86. The highest BCUT2D eigenvalue weighted by Gasteiger charge is 2.44. The van der Waals surface area contributed by atoms with Crippen LogP contribution in [0.2, 0.25) is 0 Å². The van der Waals surface area contributed by atoms with Crippen molar-refractivity contribution in [3.8, 4) is 0 Å². The maximum absolute atomic E-state index is 12.9. The number of carbonyl (C=O) groups is 2. The van der Waals surface area contributed by atoms with Crippen molar-refractivity contribution in [3.05, 3.63) is 17.5 Å². The minimum atomic E-state index is -0.104. The van der Waals surface area contributed by atoms with Crippen molar-refractivity contribution in [1.82, 2.24) is 24.9 Å². The molecule has 2 saturated heterocycles. The number of nitrogens with one attached hydrogen (secondary N) is 1. The summed E-state index contributed by atoms with van der Waals surface area (Å²) in [4.78, 5) is 31.8. The monoisotopic (exact) mass is 359 g/mol. The van der Waals surface area contributed by atoms with Crippen molar-refractivity contribution in [2.24, 2.45) is 5.92 Å². The molecule has 3 aliphatic rings. The molecule has 1 aromatic heterocycles. The summed E-state index contributed by atoms with van der Waals surface area (Å²) in [6, 6.07) is 1.81. The Balaban J connectivity index is 1.48. The van der Waals surface area contributed by atoms with E-state index in [9.17, 15) is 9.59 Å². The van der Waals surface area contributed by atoms with Crippen molar-refractivity contribution in [2.45, 2.75) is 44.6 Å². The van der Waals surface area contributed by atoms with Crippen LogP contribution in [0.3, 0.4) is 0 Å². The second-order valence-electron chi connectivity index (χ2n) is 8.34. The summed E-state index contributed by atoms with van der Waals surface area (Å²) in [6.45, 7) is 5.87. The summed E-state index contributed by atoms with van der Waals surface area (Å²) >= 11 is 0. The third kappa shape index (κ3) is 3.37. The van der Waals surface area contributed by atoms with Crippen LogP contribution in [0.4, 0.5) is 0 Å². The normalized spacial score (nSPS) is 27.8. The van der Waals surface area contributed by atoms with E-state index < -0.39 is 0 Å². The highest BCUT2D eigenvalue weighted by Crippen LogP contribution is 2.35. The molecule has 0 bridgehead atoms. The first-order chi connectivity index (χ1) is 12.5. The second kappa shape index (κ2) is 6.68. The smallest absolute Gasteiger partial charge is 0.274 e. The van der Waals surface area contributed by atoms with E-state index in [-0.39, 0.29) is 17.4 Å². The van der Waals surface area contributed by atoms with Gasteiger partial charge in [-0.25, -0.2) is 0 Å². The molecule has 2 amide bonds. The van der Waals surface area contributed by atoms with Gasteiger partial charge in [0.25, 0.3) is 5.91 Å². The molecule has 1 saturated carbocycles. The van der Waals surface area contributed by atoms with Crippen LogP contribution in [0.5, 0.6) is 0 Å². The fraction of sp³-hybridized carbons (Fsp3) is 0.737. The lowest BCUT2D eigenvalue weighted by Gasteiger charge is -2.49. The van der Waals surface area contributed by atoms with Crippen LogP contribution in [-0.4, -0.2) is 82.0 Å². The van der Waals surface area contributed by atoms with E-state index >= 15 is 0 Å². The van der Waals surface area contributed by atoms with E-state index in [1.165, 1.54) is 12.8 Å². The number of hydrogen-bond acceptors (Lipinski definition) is 4. The Hall–Kier alpha value is -1.89. The van der Waals surface area contributed by atoms with Gasteiger partial charge in [0.1, 0.15) is 5.69 Å². The molecule has 1 N–H and O–H groups in total. The molecule has 142 valence electrons. The number of aromatic nitrogens is 2. The molecule has 3 fully saturated rings. The summed E-state index contributed by atoms with van der Waals surface area (Å²) in [5, 5.41) is 6.99. The van der Waals surface area contributed by atoms with Crippen LogP contribution >= 0.6 is 0 Å². The Labute approximate surface area is 154 Å². The Morgan fingerprint density at radius 2 is 2.12 bits per heavy atom. The molecule has 1 spiro atoms. The minimum Gasteiger partial charge on any atom is -0.342 e. The molecule has 2 aliphatic heterocycles. The van der Waals surface area contributed by atoms with Crippen molar-refractivity contribution < 1.29 is 9.59 Å². The summed E-state index contributed by atoms with van der Waals surface area (Å²) in [5.41, 5.74) is 1.28. The molecule has 0 radical (unpaired) electrons. The zero-order chi connectivity index (χ0) is 18.3.